The summed E-state index contributed by atoms with van der Waals surface area (Å²) in [5.74, 6) is 0.180. The summed E-state index contributed by atoms with van der Waals surface area (Å²) >= 11 is 5.75. The van der Waals surface area contributed by atoms with E-state index in [4.69, 9.17) is 11.6 Å². The summed E-state index contributed by atoms with van der Waals surface area (Å²) < 4.78 is 0.805. The average molecular weight is 307 g/mol. The molecular formula is C12H17BrClNO. The van der Waals surface area contributed by atoms with Gasteiger partial charge in [0.15, 0.2) is 5.78 Å². The van der Waals surface area contributed by atoms with Crippen molar-refractivity contribution in [1.82, 2.24) is 0 Å². The number of rotatable bonds is 4. The van der Waals surface area contributed by atoms with E-state index in [0.29, 0.717) is 11.4 Å². The van der Waals surface area contributed by atoms with Gasteiger partial charge in [0.2, 0.25) is 0 Å². The van der Waals surface area contributed by atoms with Gasteiger partial charge in [0.1, 0.15) is 0 Å². The lowest BCUT2D eigenvalue weighted by molar-refractivity contribution is -0.869. The summed E-state index contributed by atoms with van der Waals surface area (Å²) in [6.45, 7) is 0.849. The van der Waals surface area contributed by atoms with Crippen molar-refractivity contribution in [2.24, 2.45) is 0 Å². The van der Waals surface area contributed by atoms with Gasteiger partial charge in [-0.25, -0.2) is 0 Å². The van der Waals surface area contributed by atoms with E-state index in [9.17, 15) is 4.79 Å². The third-order valence-electron chi connectivity index (χ3n) is 2.18. The second kappa shape index (κ2) is 6.38. The standard InChI is InChI=1S/C12H17ClNO.BrH/c1-14(2,3)9-8-12(15)10-4-6-11(13)7-5-10;/h4-7H,8-9H2,1-3H3;1H/q+1;/p-1. The summed E-state index contributed by atoms with van der Waals surface area (Å²) in [4.78, 5) is 11.7. The lowest BCUT2D eigenvalue weighted by atomic mass is 10.1. The maximum Gasteiger partial charge on any atom is 0.168 e. The summed E-state index contributed by atoms with van der Waals surface area (Å²) in [6, 6.07) is 7.06. The molecule has 2 nitrogen and oxygen atoms in total. The lowest BCUT2D eigenvalue weighted by Crippen LogP contribution is -3.00. The van der Waals surface area contributed by atoms with E-state index in [-0.39, 0.29) is 22.8 Å². The summed E-state index contributed by atoms with van der Waals surface area (Å²) in [7, 11) is 6.24. The van der Waals surface area contributed by atoms with Crippen molar-refractivity contribution in [3.63, 3.8) is 0 Å². The molecule has 0 aliphatic carbocycles. The van der Waals surface area contributed by atoms with Crippen molar-refractivity contribution in [3.05, 3.63) is 34.9 Å². The molecule has 0 aliphatic rings. The van der Waals surface area contributed by atoms with Crippen LogP contribution in [0.25, 0.3) is 0 Å². The van der Waals surface area contributed by atoms with Crippen molar-refractivity contribution in [1.29, 1.82) is 0 Å². The predicted molar refractivity (Wildman–Crippen MR) is 63.3 cm³/mol. The first-order valence-corrected chi connectivity index (χ1v) is 5.35. The maximum atomic E-state index is 11.7. The number of quaternary nitrogens is 1. The van der Waals surface area contributed by atoms with Crippen LogP contribution < -0.4 is 17.0 Å². The molecule has 0 N–H and O–H groups in total. The van der Waals surface area contributed by atoms with Crippen LogP contribution in [0.3, 0.4) is 0 Å². The number of nitrogens with zero attached hydrogens (tertiary/aromatic N) is 1. The van der Waals surface area contributed by atoms with Crippen molar-refractivity contribution < 1.29 is 26.3 Å². The highest BCUT2D eigenvalue weighted by Crippen LogP contribution is 2.11. The Hall–Kier alpha value is -0.380. The van der Waals surface area contributed by atoms with Crippen molar-refractivity contribution in [2.45, 2.75) is 6.42 Å². The molecule has 1 aromatic rings. The lowest BCUT2D eigenvalue weighted by Gasteiger charge is -2.23. The Morgan fingerprint density at radius 1 is 1.19 bits per heavy atom. The zero-order chi connectivity index (χ0) is 11.5. The third-order valence-corrected chi connectivity index (χ3v) is 2.43. The Bertz CT molecular complexity index is 343. The molecule has 0 fully saturated rings. The van der Waals surface area contributed by atoms with Crippen molar-refractivity contribution in [3.8, 4) is 0 Å². The van der Waals surface area contributed by atoms with Gasteiger partial charge in [0.05, 0.1) is 34.1 Å². The van der Waals surface area contributed by atoms with Crippen LogP contribution in [-0.4, -0.2) is 38.0 Å². The van der Waals surface area contributed by atoms with Crippen LogP contribution in [0.1, 0.15) is 16.8 Å². The second-order valence-electron chi connectivity index (χ2n) is 4.69. The number of halogens is 2. The molecule has 0 amide bonds. The topological polar surface area (TPSA) is 17.1 Å². The van der Waals surface area contributed by atoms with E-state index in [1.165, 1.54) is 0 Å². The molecule has 1 aromatic carbocycles. The van der Waals surface area contributed by atoms with Gasteiger partial charge in [-0.3, -0.25) is 4.79 Å². The molecule has 0 radical (unpaired) electrons. The van der Waals surface area contributed by atoms with Gasteiger partial charge >= 0.3 is 0 Å². The SMILES string of the molecule is C[N+](C)(C)CCC(=O)c1ccc(Cl)cc1.[Br-]. The van der Waals surface area contributed by atoms with E-state index in [0.717, 1.165) is 16.6 Å². The molecule has 0 aromatic heterocycles. The van der Waals surface area contributed by atoms with E-state index in [1.54, 1.807) is 24.3 Å². The normalized spacial score (nSPS) is 10.8. The summed E-state index contributed by atoms with van der Waals surface area (Å²) in [5, 5.41) is 0.665. The van der Waals surface area contributed by atoms with Crippen LogP contribution in [0.4, 0.5) is 0 Å². The minimum Gasteiger partial charge on any atom is -1.00 e. The molecule has 16 heavy (non-hydrogen) atoms. The molecule has 1 rings (SSSR count). The molecular weight excluding hydrogens is 289 g/mol. The summed E-state index contributed by atoms with van der Waals surface area (Å²) in [5.41, 5.74) is 0.743. The monoisotopic (exact) mass is 305 g/mol. The van der Waals surface area contributed by atoms with Gasteiger partial charge in [0, 0.05) is 10.6 Å². The molecule has 0 atom stereocenters. The highest BCUT2D eigenvalue weighted by molar-refractivity contribution is 6.30. The zero-order valence-corrected chi connectivity index (χ0v) is 12.2. The Morgan fingerprint density at radius 3 is 2.12 bits per heavy atom. The average Bonchev–Trinajstić information content (AvgIpc) is 2.14. The molecule has 0 saturated carbocycles. The van der Waals surface area contributed by atoms with Gasteiger partial charge in [-0.15, -0.1) is 0 Å². The van der Waals surface area contributed by atoms with E-state index in [1.807, 2.05) is 0 Å². The van der Waals surface area contributed by atoms with Crippen LogP contribution in [0, 0.1) is 0 Å². The van der Waals surface area contributed by atoms with E-state index >= 15 is 0 Å². The minimum absolute atomic E-state index is 0. The molecule has 0 saturated heterocycles. The molecule has 0 bridgehead atoms. The quantitative estimate of drug-likeness (QED) is 0.548. The predicted octanol–water partition coefficient (Wildman–Crippen LogP) is -0.377. The highest BCUT2D eigenvalue weighted by Gasteiger charge is 2.12. The van der Waals surface area contributed by atoms with Crippen LogP contribution in [0.15, 0.2) is 24.3 Å². The fourth-order valence-electron chi connectivity index (χ4n) is 1.22. The van der Waals surface area contributed by atoms with Crippen LogP contribution in [0.2, 0.25) is 5.02 Å². The molecule has 0 unspecified atom stereocenters. The van der Waals surface area contributed by atoms with Crippen molar-refractivity contribution >= 4 is 17.4 Å². The Balaban J connectivity index is 0.00000225. The van der Waals surface area contributed by atoms with Gasteiger partial charge in [-0.1, -0.05) is 11.6 Å². The number of carbonyl (C=O) groups excluding carboxylic acids is 1. The first-order chi connectivity index (χ1) is 6.88. The largest absolute Gasteiger partial charge is 1.00 e. The number of benzene rings is 1. The number of hydrogen-bond acceptors (Lipinski definition) is 1. The Kier molecular flexibility index (Phi) is 6.23. The van der Waals surface area contributed by atoms with E-state index in [2.05, 4.69) is 21.1 Å². The first-order valence-electron chi connectivity index (χ1n) is 4.98. The fraction of sp³-hybridized carbons (Fsp3) is 0.417. The van der Waals surface area contributed by atoms with Crippen LogP contribution >= 0.6 is 11.6 Å². The van der Waals surface area contributed by atoms with E-state index < -0.39 is 0 Å². The summed E-state index contributed by atoms with van der Waals surface area (Å²) in [6.07, 6.45) is 0.575. The number of carbonyl (C=O) groups is 1. The third kappa shape index (κ3) is 5.64. The molecule has 4 heteroatoms. The number of ketones is 1. The minimum atomic E-state index is 0. The van der Waals surface area contributed by atoms with Crippen LogP contribution in [0.5, 0.6) is 0 Å². The highest BCUT2D eigenvalue weighted by atomic mass is 79.9. The first kappa shape index (κ1) is 15.6. The fourth-order valence-corrected chi connectivity index (χ4v) is 1.34. The smallest absolute Gasteiger partial charge is 0.168 e. The van der Waals surface area contributed by atoms with Gasteiger partial charge in [-0.05, 0) is 24.3 Å². The number of Topliss-reactive ketones (excluding diaryl/α,β-unsaturated/α-hetero) is 1. The molecule has 0 heterocycles. The van der Waals surface area contributed by atoms with Gasteiger partial charge < -0.3 is 21.5 Å². The Labute approximate surface area is 113 Å². The van der Waals surface area contributed by atoms with Gasteiger partial charge in [-0.2, -0.15) is 0 Å². The van der Waals surface area contributed by atoms with Crippen LogP contribution in [-0.2, 0) is 0 Å². The number of hydrogen-bond donors (Lipinski definition) is 0. The van der Waals surface area contributed by atoms with Crippen molar-refractivity contribution in [2.75, 3.05) is 27.7 Å². The second-order valence-corrected chi connectivity index (χ2v) is 5.13. The molecule has 90 valence electrons. The molecule has 0 spiro atoms. The molecule has 0 aliphatic heterocycles. The zero-order valence-electron chi connectivity index (χ0n) is 9.84. The Morgan fingerprint density at radius 2 is 1.69 bits per heavy atom. The maximum absolute atomic E-state index is 11.7. The van der Waals surface area contributed by atoms with Gasteiger partial charge in [0.25, 0.3) is 0 Å².